The second kappa shape index (κ2) is 12.8. The molecule has 0 aliphatic carbocycles. The number of halogens is 3. The maximum atomic E-state index is 13.8. The van der Waals surface area contributed by atoms with Crippen LogP contribution in [0, 0.1) is 17.5 Å². The highest BCUT2D eigenvalue weighted by molar-refractivity contribution is 5.98. The van der Waals surface area contributed by atoms with Crippen molar-refractivity contribution in [2.24, 2.45) is 5.73 Å². The van der Waals surface area contributed by atoms with E-state index in [9.17, 15) is 22.8 Å². The number of aromatic nitrogens is 3. The van der Waals surface area contributed by atoms with E-state index in [-0.39, 0.29) is 11.5 Å². The molecule has 0 atom stereocenters. The number of anilines is 2. The molecule has 4 aromatic rings. The number of H-pyrrole nitrogens is 1. The molecule has 2 aromatic heterocycles. The van der Waals surface area contributed by atoms with Crippen LogP contribution in [0.15, 0.2) is 71.9 Å². The van der Waals surface area contributed by atoms with Gasteiger partial charge in [0.05, 0.1) is 11.3 Å². The van der Waals surface area contributed by atoms with Gasteiger partial charge in [0.25, 0.3) is 5.56 Å². The fourth-order valence-electron chi connectivity index (χ4n) is 3.87. The fourth-order valence-corrected chi connectivity index (χ4v) is 3.87. The standard InChI is InChI=1S/C27H26F3N7O2/c28-21-12-23(30)24(13-22(21)29)34-27(39)36-26-33-14-20(25(38)35-26)19-4-2-17(3-5-19)15-37(11-1-8-31)16-18-6-9-32-10-7-18/h2-7,9-10,12-14H,1,8,11,15-16,31H2,(H3,33,34,35,36,38,39). The monoisotopic (exact) mass is 537 g/mol. The summed E-state index contributed by atoms with van der Waals surface area (Å²) in [7, 11) is 0. The Morgan fingerprint density at radius 2 is 1.59 bits per heavy atom. The van der Waals surface area contributed by atoms with Crippen LogP contribution in [0.4, 0.5) is 29.6 Å². The van der Waals surface area contributed by atoms with E-state index in [2.05, 4.69) is 25.2 Å². The lowest BCUT2D eigenvalue weighted by atomic mass is 10.1. The number of nitrogens with one attached hydrogen (secondary N) is 3. The Morgan fingerprint density at radius 1 is 0.923 bits per heavy atom. The normalized spacial score (nSPS) is 11.0. The van der Waals surface area contributed by atoms with Gasteiger partial charge in [-0.05, 0) is 41.8 Å². The van der Waals surface area contributed by atoms with E-state index in [1.807, 2.05) is 29.6 Å². The fraction of sp³-hybridized carbons (Fsp3) is 0.185. The molecule has 12 heteroatoms. The third kappa shape index (κ3) is 7.49. The molecule has 0 bridgehead atoms. The average Bonchev–Trinajstić information content (AvgIpc) is 2.91. The SMILES string of the molecule is NCCCN(Cc1ccncc1)Cc1ccc(-c2c[nH]c(NC(=O)Nc3cc(F)c(F)cc3F)nc2=O)cc1. The van der Waals surface area contributed by atoms with Crippen molar-refractivity contribution < 1.29 is 18.0 Å². The van der Waals surface area contributed by atoms with Crippen LogP contribution in [0.25, 0.3) is 11.1 Å². The molecule has 4 rings (SSSR count). The van der Waals surface area contributed by atoms with E-state index < -0.39 is 34.7 Å². The van der Waals surface area contributed by atoms with Gasteiger partial charge < -0.3 is 16.0 Å². The zero-order chi connectivity index (χ0) is 27.8. The summed E-state index contributed by atoms with van der Waals surface area (Å²) in [5.41, 5.74) is 7.61. The Bertz CT molecular complexity index is 1480. The van der Waals surface area contributed by atoms with E-state index >= 15 is 0 Å². The highest BCUT2D eigenvalue weighted by Gasteiger charge is 2.14. The minimum atomic E-state index is -1.39. The molecular formula is C27H26F3N7O2. The van der Waals surface area contributed by atoms with Gasteiger partial charge in [0, 0.05) is 50.4 Å². The third-order valence-electron chi connectivity index (χ3n) is 5.79. The van der Waals surface area contributed by atoms with Gasteiger partial charge >= 0.3 is 6.03 Å². The Balaban J connectivity index is 1.41. The lowest BCUT2D eigenvalue weighted by Gasteiger charge is -2.22. The number of rotatable bonds is 10. The first-order valence-electron chi connectivity index (χ1n) is 12.1. The lowest BCUT2D eigenvalue weighted by Crippen LogP contribution is -2.25. The van der Waals surface area contributed by atoms with Crippen LogP contribution in [0.2, 0.25) is 0 Å². The van der Waals surface area contributed by atoms with Crippen LogP contribution < -0.4 is 21.9 Å². The highest BCUT2D eigenvalue weighted by Crippen LogP contribution is 2.20. The minimum absolute atomic E-state index is 0.215. The number of hydrogen-bond donors (Lipinski definition) is 4. The predicted molar refractivity (Wildman–Crippen MR) is 141 cm³/mol. The van der Waals surface area contributed by atoms with Gasteiger partial charge in [-0.3, -0.25) is 20.0 Å². The molecule has 0 fully saturated rings. The van der Waals surface area contributed by atoms with Gasteiger partial charge in [0.15, 0.2) is 11.6 Å². The highest BCUT2D eigenvalue weighted by atomic mass is 19.2. The second-order valence-electron chi connectivity index (χ2n) is 8.70. The Hall–Kier alpha value is -4.55. The van der Waals surface area contributed by atoms with Gasteiger partial charge in [-0.15, -0.1) is 0 Å². The number of urea groups is 1. The minimum Gasteiger partial charge on any atom is -0.331 e. The summed E-state index contributed by atoms with van der Waals surface area (Å²) < 4.78 is 40.2. The molecule has 0 radical (unpaired) electrons. The summed E-state index contributed by atoms with van der Waals surface area (Å²) in [5.74, 6) is -4.09. The number of amides is 2. The number of pyridine rings is 1. The zero-order valence-electron chi connectivity index (χ0n) is 20.8. The first-order chi connectivity index (χ1) is 18.8. The van der Waals surface area contributed by atoms with E-state index in [1.165, 1.54) is 6.20 Å². The van der Waals surface area contributed by atoms with E-state index in [0.29, 0.717) is 30.8 Å². The first kappa shape index (κ1) is 27.5. The summed E-state index contributed by atoms with van der Waals surface area (Å²) in [6.45, 7) is 2.86. The van der Waals surface area contributed by atoms with Gasteiger partial charge in [0.2, 0.25) is 5.95 Å². The summed E-state index contributed by atoms with van der Waals surface area (Å²) in [6, 6.07) is 11.2. The van der Waals surface area contributed by atoms with Crippen molar-refractivity contribution in [1.82, 2.24) is 19.9 Å². The number of hydrogen-bond acceptors (Lipinski definition) is 6. The van der Waals surface area contributed by atoms with E-state index in [4.69, 9.17) is 5.73 Å². The number of carbonyl (C=O) groups excluding carboxylic acids is 1. The molecule has 5 N–H and O–H groups in total. The molecule has 202 valence electrons. The average molecular weight is 538 g/mol. The van der Waals surface area contributed by atoms with Gasteiger partial charge in [0.1, 0.15) is 5.82 Å². The van der Waals surface area contributed by atoms with Crippen LogP contribution >= 0.6 is 0 Å². The molecule has 2 aromatic carbocycles. The van der Waals surface area contributed by atoms with Crippen molar-refractivity contribution in [2.75, 3.05) is 23.7 Å². The number of nitrogens with two attached hydrogens (primary N) is 1. The quantitative estimate of drug-likeness (QED) is 0.224. The predicted octanol–water partition coefficient (Wildman–Crippen LogP) is 4.24. The van der Waals surface area contributed by atoms with Crippen LogP contribution in [-0.4, -0.2) is 39.0 Å². The molecule has 0 saturated heterocycles. The van der Waals surface area contributed by atoms with Crippen molar-refractivity contribution in [2.45, 2.75) is 19.5 Å². The Kier molecular flexibility index (Phi) is 9.02. The lowest BCUT2D eigenvalue weighted by molar-refractivity contribution is 0.255. The van der Waals surface area contributed by atoms with Crippen molar-refractivity contribution in [1.29, 1.82) is 0 Å². The molecule has 0 spiro atoms. The van der Waals surface area contributed by atoms with Gasteiger partial charge in [-0.2, -0.15) is 4.98 Å². The molecule has 2 heterocycles. The van der Waals surface area contributed by atoms with Crippen LogP contribution in [0.5, 0.6) is 0 Å². The molecule has 0 aliphatic rings. The number of nitrogens with zero attached hydrogens (tertiary/aromatic N) is 3. The number of aromatic amines is 1. The third-order valence-corrected chi connectivity index (χ3v) is 5.79. The first-order valence-corrected chi connectivity index (χ1v) is 12.1. The molecular weight excluding hydrogens is 511 g/mol. The van der Waals surface area contributed by atoms with E-state index in [0.717, 1.165) is 30.6 Å². The van der Waals surface area contributed by atoms with Crippen molar-refractivity contribution in [3.8, 4) is 11.1 Å². The van der Waals surface area contributed by atoms with Crippen LogP contribution in [0.1, 0.15) is 17.5 Å². The number of benzene rings is 2. The topological polar surface area (TPSA) is 129 Å². The molecule has 9 nitrogen and oxygen atoms in total. The molecule has 0 unspecified atom stereocenters. The molecule has 39 heavy (non-hydrogen) atoms. The second-order valence-corrected chi connectivity index (χ2v) is 8.70. The summed E-state index contributed by atoms with van der Waals surface area (Å²) in [6.07, 6.45) is 5.76. The zero-order valence-corrected chi connectivity index (χ0v) is 20.8. The van der Waals surface area contributed by atoms with Gasteiger partial charge in [-0.1, -0.05) is 24.3 Å². The molecule has 2 amide bonds. The van der Waals surface area contributed by atoms with E-state index in [1.54, 1.807) is 24.5 Å². The molecule has 0 aliphatic heterocycles. The Morgan fingerprint density at radius 3 is 2.26 bits per heavy atom. The summed E-state index contributed by atoms with van der Waals surface area (Å²) in [4.78, 5) is 37.6. The van der Waals surface area contributed by atoms with Crippen molar-refractivity contribution >= 4 is 17.7 Å². The van der Waals surface area contributed by atoms with Crippen LogP contribution in [0.3, 0.4) is 0 Å². The summed E-state index contributed by atoms with van der Waals surface area (Å²) in [5, 5.41) is 4.25. The maximum Gasteiger partial charge on any atom is 0.326 e. The number of carbonyl (C=O) groups is 1. The smallest absolute Gasteiger partial charge is 0.326 e. The summed E-state index contributed by atoms with van der Waals surface area (Å²) >= 11 is 0. The maximum absolute atomic E-state index is 13.8. The largest absolute Gasteiger partial charge is 0.331 e. The molecule has 0 saturated carbocycles. The van der Waals surface area contributed by atoms with Crippen molar-refractivity contribution in [3.63, 3.8) is 0 Å². The Labute approximate surface area is 221 Å². The van der Waals surface area contributed by atoms with Crippen LogP contribution in [-0.2, 0) is 13.1 Å². The van der Waals surface area contributed by atoms with Gasteiger partial charge in [-0.25, -0.2) is 18.0 Å². The van der Waals surface area contributed by atoms with Crippen molar-refractivity contribution in [3.05, 3.63) is 106 Å².